The highest BCUT2D eigenvalue weighted by Gasteiger charge is 2.07. The molecule has 0 aliphatic rings. The molecule has 2 aromatic rings. The Bertz CT molecular complexity index is 606. The predicted octanol–water partition coefficient (Wildman–Crippen LogP) is 5.52. The fourth-order valence-corrected chi connectivity index (χ4v) is 1.96. The van der Waals surface area contributed by atoms with E-state index in [9.17, 15) is 5.21 Å². The second kappa shape index (κ2) is 6.07. The molecule has 0 aliphatic carbocycles. The number of hydrogen-bond acceptors (Lipinski definition) is 3. The summed E-state index contributed by atoms with van der Waals surface area (Å²) < 4.78 is 0. The van der Waals surface area contributed by atoms with Crippen molar-refractivity contribution in [3.05, 3.63) is 56.5 Å². The zero-order chi connectivity index (χ0) is 14.0. The second-order valence-corrected chi connectivity index (χ2v) is 5.28. The number of nitrogens with zero attached hydrogens (tertiary/aromatic N) is 1. The normalized spacial score (nSPS) is 10.4. The molecule has 2 aromatic carbocycles. The number of nitrogens with one attached hydrogen (secondary N) is 1. The van der Waals surface area contributed by atoms with Crippen molar-refractivity contribution >= 4 is 57.8 Å². The van der Waals surface area contributed by atoms with Crippen molar-refractivity contribution in [2.75, 3.05) is 10.6 Å². The van der Waals surface area contributed by atoms with Crippen LogP contribution >= 0.6 is 46.4 Å². The summed E-state index contributed by atoms with van der Waals surface area (Å²) in [5, 5.41) is 12.3. The standard InChI is InChI=1S/C12H8Cl4N2O/c13-9-3-1-7(5-11(9)15)17-18(19)8-2-4-10(14)12(16)6-8/h1-6,17,19H. The minimum absolute atomic E-state index is 0.342. The molecular weight excluding hydrogens is 330 g/mol. The largest absolute Gasteiger partial charge is 0.275 e. The summed E-state index contributed by atoms with van der Waals surface area (Å²) in [5.74, 6) is 0. The highest BCUT2D eigenvalue weighted by atomic mass is 35.5. The third kappa shape index (κ3) is 3.59. The average molecular weight is 338 g/mol. The van der Waals surface area contributed by atoms with Gasteiger partial charge in [0.2, 0.25) is 0 Å². The number of rotatable bonds is 3. The van der Waals surface area contributed by atoms with Crippen LogP contribution < -0.4 is 10.6 Å². The molecule has 2 rings (SSSR count). The molecule has 3 nitrogen and oxygen atoms in total. The van der Waals surface area contributed by atoms with Crippen LogP contribution in [-0.2, 0) is 0 Å². The number of hydrogen-bond donors (Lipinski definition) is 2. The van der Waals surface area contributed by atoms with Crippen molar-refractivity contribution < 1.29 is 5.21 Å². The van der Waals surface area contributed by atoms with Gasteiger partial charge in [-0.2, -0.15) is 5.17 Å². The van der Waals surface area contributed by atoms with Gasteiger partial charge in [0.15, 0.2) is 0 Å². The van der Waals surface area contributed by atoms with E-state index < -0.39 is 0 Å². The quantitative estimate of drug-likeness (QED) is 0.723. The van der Waals surface area contributed by atoms with Crippen LogP contribution in [0.15, 0.2) is 36.4 Å². The van der Waals surface area contributed by atoms with Crippen LogP contribution in [0.5, 0.6) is 0 Å². The first kappa shape index (κ1) is 14.6. The summed E-state index contributed by atoms with van der Waals surface area (Å²) in [6.45, 7) is 0. The van der Waals surface area contributed by atoms with Crippen LogP contribution in [0.3, 0.4) is 0 Å². The molecule has 0 atom stereocenters. The molecule has 0 heterocycles. The van der Waals surface area contributed by atoms with E-state index in [-0.39, 0.29) is 0 Å². The van der Waals surface area contributed by atoms with Crippen LogP contribution in [0, 0.1) is 0 Å². The molecule has 0 spiro atoms. The minimum Gasteiger partial charge on any atom is -0.275 e. The van der Waals surface area contributed by atoms with E-state index in [1.807, 2.05) is 0 Å². The van der Waals surface area contributed by atoms with Crippen molar-refractivity contribution in [1.29, 1.82) is 0 Å². The Kier molecular flexibility index (Phi) is 4.66. The summed E-state index contributed by atoms with van der Waals surface area (Å²) in [5.41, 5.74) is 3.72. The summed E-state index contributed by atoms with van der Waals surface area (Å²) >= 11 is 23.4. The highest BCUT2D eigenvalue weighted by Crippen LogP contribution is 2.28. The maximum Gasteiger partial charge on any atom is 0.0892 e. The molecule has 0 aliphatic heterocycles. The lowest BCUT2D eigenvalue weighted by Gasteiger charge is -2.19. The predicted molar refractivity (Wildman–Crippen MR) is 80.8 cm³/mol. The topological polar surface area (TPSA) is 35.5 Å². The summed E-state index contributed by atoms with van der Waals surface area (Å²) in [7, 11) is 0. The van der Waals surface area contributed by atoms with E-state index in [1.54, 1.807) is 30.3 Å². The van der Waals surface area contributed by atoms with Crippen molar-refractivity contribution in [3.8, 4) is 0 Å². The van der Waals surface area contributed by atoms with Crippen molar-refractivity contribution in [2.24, 2.45) is 0 Å². The van der Waals surface area contributed by atoms with Crippen molar-refractivity contribution in [3.63, 3.8) is 0 Å². The number of anilines is 2. The first-order valence-electron chi connectivity index (χ1n) is 5.13. The van der Waals surface area contributed by atoms with Crippen LogP contribution in [0.25, 0.3) is 0 Å². The lowest BCUT2D eigenvalue weighted by Crippen LogP contribution is -2.25. The van der Waals surface area contributed by atoms with Gasteiger partial charge in [0, 0.05) is 0 Å². The minimum atomic E-state index is 0.342. The zero-order valence-electron chi connectivity index (χ0n) is 9.37. The van der Waals surface area contributed by atoms with E-state index in [0.717, 1.165) is 5.17 Å². The Morgan fingerprint density at radius 1 is 0.789 bits per heavy atom. The van der Waals surface area contributed by atoms with Crippen LogP contribution in [0.2, 0.25) is 20.1 Å². The third-order valence-corrected chi connectivity index (χ3v) is 3.78. The van der Waals surface area contributed by atoms with Gasteiger partial charge in [0.05, 0.1) is 31.5 Å². The highest BCUT2D eigenvalue weighted by molar-refractivity contribution is 6.42. The Balaban J connectivity index is 2.17. The molecule has 0 fully saturated rings. The molecule has 0 saturated carbocycles. The van der Waals surface area contributed by atoms with E-state index in [4.69, 9.17) is 46.4 Å². The maximum absolute atomic E-state index is 9.89. The molecular formula is C12H8Cl4N2O. The van der Waals surface area contributed by atoms with E-state index in [1.165, 1.54) is 6.07 Å². The van der Waals surface area contributed by atoms with Gasteiger partial charge in [0.25, 0.3) is 0 Å². The van der Waals surface area contributed by atoms with E-state index >= 15 is 0 Å². The van der Waals surface area contributed by atoms with Crippen LogP contribution in [0.4, 0.5) is 11.4 Å². The molecule has 7 heteroatoms. The van der Waals surface area contributed by atoms with Gasteiger partial charge in [-0.25, -0.2) is 0 Å². The van der Waals surface area contributed by atoms with E-state index in [0.29, 0.717) is 31.5 Å². The molecule has 2 N–H and O–H groups in total. The molecule has 0 bridgehead atoms. The summed E-state index contributed by atoms with van der Waals surface area (Å²) in [6.07, 6.45) is 0. The molecule has 0 aromatic heterocycles. The molecule has 0 unspecified atom stereocenters. The SMILES string of the molecule is ON(Nc1ccc(Cl)c(Cl)c1)c1ccc(Cl)c(Cl)c1. The molecule has 0 radical (unpaired) electrons. The van der Waals surface area contributed by atoms with Gasteiger partial charge in [-0.1, -0.05) is 46.4 Å². The van der Waals surface area contributed by atoms with Gasteiger partial charge in [0.1, 0.15) is 0 Å². The summed E-state index contributed by atoms with van der Waals surface area (Å²) in [6, 6.07) is 9.60. The average Bonchev–Trinajstić information content (AvgIpc) is 2.37. The molecule has 0 saturated heterocycles. The van der Waals surface area contributed by atoms with Crippen molar-refractivity contribution in [1.82, 2.24) is 0 Å². The van der Waals surface area contributed by atoms with Gasteiger partial charge in [-0.15, -0.1) is 0 Å². The lowest BCUT2D eigenvalue weighted by atomic mass is 10.3. The second-order valence-electron chi connectivity index (χ2n) is 3.65. The number of halogens is 4. The first-order valence-corrected chi connectivity index (χ1v) is 6.64. The van der Waals surface area contributed by atoms with Gasteiger partial charge < -0.3 is 0 Å². The Labute approximate surface area is 130 Å². The van der Waals surface area contributed by atoms with Gasteiger partial charge >= 0.3 is 0 Å². The maximum atomic E-state index is 9.89. The molecule has 0 amide bonds. The van der Waals surface area contributed by atoms with E-state index in [2.05, 4.69) is 5.43 Å². The smallest absolute Gasteiger partial charge is 0.0892 e. The fourth-order valence-electron chi connectivity index (χ4n) is 1.37. The Morgan fingerprint density at radius 2 is 1.37 bits per heavy atom. The van der Waals surface area contributed by atoms with Crippen LogP contribution in [-0.4, -0.2) is 5.21 Å². The molecule has 19 heavy (non-hydrogen) atoms. The lowest BCUT2D eigenvalue weighted by molar-refractivity contribution is 0.277. The van der Waals surface area contributed by atoms with Crippen LogP contribution in [0.1, 0.15) is 0 Å². The Morgan fingerprint density at radius 3 is 1.95 bits per heavy atom. The van der Waals surface area contributed by atoms with Gasteiger partial charge in [-0.3, -0.25) is 10.6 Å². The zero-order valence-corrected chi connectivity index (χ0v) is 12.4. The Hall–Kier alpha value is -0.840. The summed E-state index contributed by atoms with van der Waals surface area (Å²) in [4.78, 5) is 0. The number of hydrazine groups is 1. The number of benzene rings is 2. The van der Waals surface area contributed by atoms with Crippen molar-refractivity contribution in [2.45, 2.75) is 0 Å². The fraction of sp³-hybridized carbons (Fsp3) is 0. The third-order valence-electron chi connectivity index (χ3n) is 2.30. The first-order chi connectivity index (χ1) is 8.97. The van der Waals surface area contributed by atoms with Gasteiger partial charge in [-0.05, 0) is 36.4 Å². The molecule has 100 valence electrons. The monoisotopic (exact) mass is 336 g/mol.